The fraction of sp³-hybridized carbons (Fsp3) is 0.545. The summed E-state index contributed by atoms with van der Waals surface area (Å²) in [5, 5.41) is 2.61. The molecular formula is C11H17ClN2O3S2. The summed E-state index contributed by atoms with van der Waals surface area (Å²) in [7, 11) is -3.30. The smallest absolute Gasteiger partial charge is 0.228 e. The van der Waals surface area contributed by atoms with Crippen molar-refractivity contribution in [2.75, 3.05) is 18.8 Å². The van der Waals surface area contributed by atoms with Crippen molar-refractivity contribution >= 4 is 38.9 Å². The highest BCUT2D eigenvalue weighted by Gasteiger charge is 2.17. The highest BCUT2D eigenvalue weighted by Crippen LogP contribution is 2.27. The molecular weight excluding hydrogens is 308 g/mol. The van der Waals surface area contributed by atoms with Crippen LogP contribution in [-0.2, 0) is 14.8 Å². The van der Waals surface area contributed by atoms with Gasteiger partial charge in [-0.3, -0.25) is 4.79 Å². The lowest BCUT2D eigenvalue weighted by molar-refractivity contribution is -0.122. The third-order valence-electron chi connectivity index (χ3n) is 2.45. The Kier molecular flexibility index (Phi) is 6.25. The Morgan fingerprint density at radius 3 is 2.68 bits per heavy atom. The zero-order valence-electron chi connectivity index (χ0n) is 10.8. The highest BCUT2D eigenvalue weighted by molar-refractivity contribution is 7.89. The van der Waals surface area contributed by atoms with Crippen LogP contribution < -0.4 is 10.0 Å². The Morgan fingerprint density at radius 1 is 1.47 bits per heavy atom. The summed E-state index contributed by atoms with van der Waals surface area (Å²) in [5.74, 6) is -0.658. The Hall–Kier alpha value is -0.630. The van der Waals surface area contributed by atoms with E-state index in [2.05, 4.69) is 10.0 Å². The average Bonchev–Trinajstić information content (AvgIpc) is 2.74. The predicted molar refractivity (Wildman–Crippen MR) is 78.2 cm³/mol. The van der Waals surface area contributed by atoms with Gasteiger partial charge in [-0.2, -0.15) is 0 Å². The molecule has 0 bridgehead atoms. The van der Waals surface area contributed by atoms with Crippen molar-refractivity contribution in [1.29, 1.82) is 0 Å². The highest BCUT2D eigenvalue weighted by atomic mass is 35.5. The van der Waals surface area contributed by atoms with Gasteiger partial charge in [0.15, 0.2) is 0 Å². The van der Waals surface area contributed by atoms with Crippen LogP contribution >= 0.6 is 22.9 Å². The first-order chi connectivity index (χ1) is 8.85. The van der Waals surface area contributed by atoms with Crippen molar-refractivity contribution in [3.05, 3.63) is 21.3 Å². The molecule has 0 aliphatic heterocycles. The largest absolute Gasteiger partial charge is 0.354 e. The van der Waals surface area contributed by atoms with Gasteiger partial charge < -0.3 is 5.32 Å². The zero-order chi connectivity index (χ0) is 14.5. The van der Waals surface area contributed by atoms with Gasteiger partial charge in [0.25, 0.3) is 0 Å². The third-order valence-corrected chi connectivity index (χ3v) is 5.33. The van der Waals surface area contributed by atoms with Crippen LogP contribution in [0.25, 0.3) is 0 Å². The van der Waals surface area contributed by atoms with Crippen LogP contribution in [0.5, 0.6) is 0 Å². The van der Waals surface area contributed by atoms with E-state index in [1.165, 1.54) is 11.3 Å². The summed E-state index contributed by atoms with van der Waals surface area (Å²) < 4.78 is 25.7. The summed E-state index contributed by atoms with van der Waals surface area (Å²) in [6.45, 7) is 3.91. The Labute approximate surface area is 122 Å². The van der Waals surface area contributed by atoms with Gasteiger partial charge in [-0.15, -0.1) is 11.3 Å². The molecule has 1 heterocycles. The number of thiophene rings is 1. The lowest BCUT2D eigenvalue weighted by atomic mass is 10.1. The molecule has 2 N–H and O–H groups in total. The van der Waals surface area contributed by atoms with E-state index in [4.69, 9.17) is 11.6 Å². The number of carbonyl (C=O) groups excluding carboxylic acids is 1. The van der Waals surface area contributed by atoms with E-state index in [0.29, 0.717) is 10.9 Å². The van der Waals surface area contributed by atoms with Crippen LogP contribution in [0.4, 0.5) is 0 Å². The van der Waals surface area contributed by atoms with Crippen molar-refractivity contribution in [1.82, 2.24) is 10.0 Å². The molecule has 0 saturated carbocycles. The summed E-state index contributed by atoms with van der Waals surface area (Å²) in [6, 6.07) is 3.54. The molecule has 0 aliphatic rings. The Morgan fingerprint density at radius 2 is 2.16 bits per heavy atom. The monoisotopic (exact) mass is 324 g/mol. The van der Waals surface area contributed by atoms with E-state index >= 15 is 0 Å². The van der Waals surface area contributed by atoms with E-state index in [9.17, 15) is 13.2 Å². The third kappa shape index (κ3) is 5.48. The van der Waals surface area contributed by atoms with Crippen LogP contribution in [0.3, 0.4) is 0 Å². The quantitative estimate of drug-likeness (QED) is 0.799. The van der Waals surface area contributed by atoms with Gasteiger partial charge in [-0.1, -0.05) is 18.5 Å². The number of rotatable bonds is 7. The van der Waals surface area contributed by atoms with Gasteiger partial charge in [0.1, 0.15) is 0 Å². The second kappa shape index (κ2) is 7.23. The molecule has 0 aliphatic carbocycles. The first kappa shape index (κ1) is 16.4. The number of hydrogen-bond donors (Lipinski definition) is 2. The second-order valence-corrected chi connectivity index (χ2v) is 7.64. The van der Waals surface area contributed by atoms with E-state index in [0.717, 1.165) is 4.88 Å². The molecule has 1 amide bonds. The molecule has 1 rings (SSSR count). The second-order valence-electron chi connectivity index (χ2n) is 3.97. The Balaban J connectivity index is 2.44. The van der Waals surface area contributed by atoms with Gasteiger partial charge in [0.2, 0.25) is 15.9 Å². The molecule has 0 spiro atoms. The normalized spacial score (nSPS) is 13.2. The molecule has 1 aromatic rings. The van der Waals surface area contributed by atoms with E-state index in [-0.39, 0.29) is 24.1 Å². The average molecular weight is 325 g/mol. The minimum Gasteiger partial charge on any atom is -0.354 e. The standard InChI is InChI=1S/C11H17ClN2O3S2/c1-3-14-19(16,17)7-6-13-11(15)8(2)9-4-5-10(12)18-9/h4-5,8,14H,3,6-7H2,1-2H3,(H,13,15). The summed E-state index contributed by atoms with van der Waals surface area (Å²) in [5.41, 5.74) is 0. The molecule has 1 aromatic heterocycles. The minimum atomic E-state index is -3.30. The number of nitrogens with one attached hydrogen (secondary N) is 2. The van der Waals surface area contributed by atoms with Crippen molar-refractivity contribution in [3.63, 3.8) is 0 Å². The maximum Gasteiger partial charge on any atom is 0.228 e. The number of hydrogen-bond acceptors (Lipinski definition) is 4. The van der Waals surface area contributed by atoms with Gasteiger partial charge >= 0.3 is 0 Å². The SMILES string of the molecule is CCNS(=O)(=O)CCNC(=O)C(C)c1ccc(Cl)s1. The van der Waals surface area contributed by atoms with Crippen molar-refractivity contribution < 1.29 is 13.2 Å². The van der Waals surface area contributed by atoms with Crippen LogP contribution in [0.1, 0.15) is 24.6 Å². The fourth-order valence-corrected chi connectivity index (χ4v) is 3.51. The van der Waals surface area contributed by atoms with E-state index < -0.39 is 10.0 Å². The van der Waals surface area contributed by atoms with E-state index in [1.54, 1.807) is 26.0 Å². The van der Waals surface area contributed by atoms with Gasteiger partial charge in [-0.05, 0) is 19.1 Å². The minimum absolute atomic E-state index is 0.0949. The summed E-state index contributed by atoms with van der Waals surface area (Å²) in [4.78, 5) is 12.7. The first-order valence-electron chi connectivity index (χ1n) is 5.86. The first-order valence-corrected chi connectivity index (χ1v) is 8.70. The number of halogens is 1. The molecule has 108 valence electrons. The molecule has 0 aromatic carbocycles. The topological polar surface area (TPSA) is 75.3 Å². The predicted octanol–water partition coefficient (Wildman–Crippen LogP) is 1.56. The maximum atomic E-state index is 11.8. The maximum absolute atomic E-state index is 11.8. The lowest BCUT2D eigenvalue weighted by Crippen LogP contribution is -2.35. The van der Waals surface area contributed by atoms with Gasteiger partial charge in [0, 0.05) is 18.0 Å². The van der Waals surface area contributed by atoms with Crippen LogP contribution in [0.2, 0.25) is 4.34 Å². The molecule has 1 atom stereocenters. The molecule has 0 fully saturated rings. The number of amides is 1. The van der Waals surface area contributed by atoms with Crippen molar-refractivity contribution in [2.45, 2.75) is 19.8 Å². The molecule has 19 heavy (non-hydrogen) atoms. The van der Waals surface area contributed by atoms with Crippen LogP contribution in [0, 0.1) is 0 Å². The van der Waals surface area contributed by atoms with Gasteiger partial charge in [0.05, 0.1) is 16.0 Å². The molecule has 8 heteroatoms. The Bertz CT molecular complexity index is 528. The number of carbonyl (C=O) groups is 1. The van der Waals surface area contributed by atoms with Crippen LogP contribution in [-0.4, -0.2) is 33.2 Å². The molecule has 1 unspecified atom stereocenters. The summed E-state index contributed by atoms with van der Waals surface area (Å²) >= 11 is 7.15. The van der Waals surface area contributed by atoms with E-state index in [1.807, 2.05) is 0 Å². The van der Waals surface area contributed by atoms with Crippen molar-refractivity contribution in [3.8, 4) is 0 Å². The van der Waals surface area contributed by atoms with Gasteiger partial charge in [-0.25, -0.2) is 13.1 Å². The lowest BCUT2D eigenvalue weighted by Gasteiger charge is -2.10. The van der Waals surface area contributed by atoms with Crippen LogP contribution in [0.15, 0.2) is 12.1 Å². The molecule has 0 saturated heterocycles. The molecule has 5 nitrogen and oxygen atoms in total. The summed E-state index contributed by atoms with van der Waals surface area (Å²) in [6.07, 6.45) is 0. The zero-order valence-corrected chi connectivity index (χ0v) is 13.2. The fourth-order valence-electron chi connectivity index (χ4n) is 1.44. The van der Waals surface area contributed by atoms with Crippen molar-refractivity contribution in [2.24, 2.45) is 0 Å². The molecule has 0 radical (unpaired) electrons. The number of sulfonamides is 1.